The zero-order chi connectivity index (χ0) is 33.4. The van der Waals surface area contributed by atoms with Crippen LogP contribution >= 0.6 is 7.82 Å². The van der Waals surface area contributed by atoms with Crippen LogP contribution in [0.25, 0.3) is 0 Å². The molecule has 0 aliphatic carbocycles. The van der Waals surface area contributed by atoms with Crippen LogP contribution in [0.3, 0.4) is 0 Å². The smallest absolute Gasteiger partial charge is 0.393 e. The zero-order valence-corrected chi connectivity index (χ0v) is 29.6. The number of nitrogens with one attached hydrogen (secondary N) is 1. The van der Waals surface area contributed by atoms with Gasteiger partial charge in [0.1, 0.15) is 0 Å². The molecule has 0 saturated carbocycles. The lowest BCUT2D eigenvalue weighted by atomic mass is 10.0. The van der Waals surface area contributed by atoms with Crippen molar-refractivity contribution in [2.45, 2.75) is 173 Å². The molecule has 0 spiro atoms. The van der Waals surface area contributed by atoms with Gasteiger partial charge in [-0.05, 0) is 32.1 Å². The average molecular weight is 661 g/mol. The van der Waals surface area contributed by atoms with Gasteiger partial charge >= 0.3 is 7.82 Å². The van der Waals surface area contributed by atoms with E-state index in [9.17, 15) is 24.5 Å². The van der Waals surface area contributed by atoms with Crippen LogP contribution in [0, 0.1) is 0 Å². The number of aliphatic hydroxyl groups is 2. The van der Waals surface area contributed by atoms with E-state index in [1.54, 1.807) is 6.08 Å². The van der Waals surface area contributed by atoms with Crippen molar-refractivity contribution >= 4 is 13.7 Å². The third kappa shape index (κ3) is 30.0. The van der Waals surface area contributed by atoms with Crippen molar-refractivity contribution in [1.82, 2.24) is 5.32 Å². The maximum Gasteiger partial charge on any atom is 0.472 e. The summed E-state index contributed by atoms with van der Waals surface area (Å²) >= 11 is 0. The molecule has 0 aromatic heterocycles. The number of carbonyl (C=O) groups excluding carboxylic acids is 1. The Morgan fingerprint density at radius 1 is 0.756 bits per heavy atom. The van der Waals surface area contributed by atoms with Crippen LogP contribution < -0.4 is 11.1 Å². The van der Waals surface area contributed by atoms with E-state index in [4.69, 9.17) is 14.8 Å². The summed E-state index contributed by atoms with van der Waals surface area (Å²) in [5.74, 6) is -0.459. The van der Waals surface area contributed by atoms with Crippen LogP contribution in [-0.2, 0) is 18.4 Å². The van der Waals surface area contributed by atoms with Crippen LogP contribution in [0.4, 0.5) is 0 Å². The van der Waals surface area contributed by atoms with Crippen molar-refractivity contribution in [3.8, 4) is 0 Å². The van der Waals surface area contributed by atoms with Gasteiger partial charge in [-0.2, -0.15) is 0 Å². The normalized spacial score (nSPS) is 15.4. The molecule has 4 atom stereocenters. The van der Waals surface area contributed by atoms with Gasteiger partial charge in [-0.3, -0.25) is 13.8 Å². The Morgan fingerprint density at radius 3 is 1.84 bits per heavy atom. The van der Waals surface area contributed by atoms with Gasteiger partial charge in [-0.25, -0.2) is 4.57 Å². The van der Waals surface area contributed by atoms with E-state index in [1.807, 2.05) is 6.08 Å². The highest BCUT2D eigenvalue weighted by Crippen LogP contribution is 2.43. The first kappa shape index (κ1) is 43.9. The third-order valence-corrected chi connectivity index (χ3v) is 8.82. The highest BCUT2D eigenvalue weighted by molar-refractivity contribution is 7.47. The predicted molar refractivity (Wildman–Crippen MR) is 186 cm³/mol. The lowest BCUT2D eigenvalue weighted by Gasteiger charge is -2.24. The number of phosphoric ester groups is 1. The Labute approximate surface area is 275 Å². The molecule has 0 saturated heterocycles. The molecule has 266 valence electrons. The standard InChI is InChI=1S/C35H69N2O7P/c1-3-5-7-9-11-13-14-15-16-17-19-21-23-25-27-34(39)33(31-44-45(41,42)43-29-28-36)37-35(40)30-32(38)26-24-22-20-18-12-10-8-6-4-2/h17,19,25,27,32-34,38-39H,3-16,18,20-24,26,28-31,36H2,1-2H3,(H,37,40)(H,41,42)/b19-17+,27-25+. The number of unbranched alkanes of at least 4 members (excludes halogenated alkanes) is 17. The summed E-state index contributed by atoms with van der Waals surface area (Å²) in [4.78, 5) is 22.5. The van der Waals surface area contributed by atoms with E-state index in [0.717, 1.165) is 32.1 Å². The minimum absolute atomic E-state index is 0.0455. The maximum atomic E-state index is 12.7. The summed E-state index contributed by atoms with van der Waals surface area (Å²) < 4.78 is 21.9. The zero-order valence-electron chi connectivity index (χ0n) is 28.7. The van der Waals surface area contributed by atoms with E-state index in [-0.39, 0.29) is 19.6 Å². The monoisotopic (exact) mass is 660 g/mol. The molecular weight excluding hydrogens is 591 g/mol. The second kappa shape index (κ2) is 31.5. The molecule has 0 rings (SSSR count). The Hall–Kier alpha value is -1.06. The number of hydrogen-bond donors (Lipinski definition) is 5. The first-order valence-corrected chi connectivity index (χ1v) is 19.5. The van der Waals surface area contributed by atoms with Crippen molar-refractivity contribution in [1.29, 1.82) is 0 Å². The van der Waals surface area contributed by atoms with Crippen LogP contribution in [0.15, 0.2) is 24.3 Å². The second-order valence-corrected chi connectivity index (χ2v) is 13.7. The lowest BCUT2D eigenvalue weighted by molar-refractivity contribution is -0.124. The molecule has 45 heavy (non-hydrogen) atoms. The van der Waals surface area contributed by atoms with Crippen LogP contribution in [-0.4, -0.2) is 59.0 Å². The first-order chi connectivity index (χ1) is 21.8. The number of rotatable bonds is 33. The molecule has 4 unspecified atom stereocenters. The van der Waals surface area contributed by atoms with Gasteiger partial charge < -0.3 is 26.2 Å². The van der Waals surface area contributed by atoms with Crippen molar-refractivity contribution in [2.75, 3.05) is 19.8 Å². The molecule has 0 aliphatic rings. The summed E-state index contributed by atoms with van der Waals surface area (Å²) in [5.41, 5.74) is 5.33. The molecule has 1 amide bonds. The van der Waals surface area contributed by atoms with E-state index in [2.05, 4.69) is 31.3 Å². The number of nitrogens with two attached hydrogens (primary N) is 1. The number of amides is 1. The molecule has 0 aromatic rings. The first-order valence-electron chi connectivity index (χ1n) is 18.0. The molecule has 0 heterocycles. The molecule has 10 heteroatoms. The van der Waals surface area contributed by atoms with Gasteiger partial charge in [0, 0.05) is 6.54 Å². The van der Waals surface area contributed by atoms with Crippen LogP contribution in [0.5, 0.6) is 0 Å². The van der Waals surface area contributed by atoms with E-state index in [1.165, 1.54) is 89.9 Å². The van der Waals surface area contributed by atoms with Gasteiger partial charge in [0.2, 0.25) is 5.91 Å². The molecule has 6 N–H and O–H groups in total. The molecule has 9 nitrogen and oxygen atoms in total. The summed E-state index contributed by atoms with van der Waals surface area (Å²) in [6.07, 6.45) is 29.8. The Morgan fingerprint density at radius 2 is 1.27 bits per heavy atom. The van der Waals surface area contributed by atoms with Gasteiger partial charge in [0.05, 0.1) is 37.9 Å². The molecule has 0 radical (unpaired) electrons. The summed E-state index contributed by atoms with van der Waals surface area (Å²) in [5, 5.41) is 23.8. The summed E-state index contributed by atoms with van der Waals surface area (Å²) in [7, 11) is -4.39. The van der Waals surface area contributed by atoms with E-state index < -0.39 is 38.6 Å². The Balaban J connectivity index is 4.55. The van der Waals surface area contributed by atoms with Gasteiger partial charge in [0.25, 0.3) is 0 Å². The highest BCUT2D eigenvalue weighted by Gasteiger charge is 2.27. The van der Waals surface area contributed by atoms with Gasteiger partial charge in [-0.15, -0.1) is 0 Å². The number of carbonyl (C=O) groups is 1. The predicted octanol–water partition coefficient (Wildman–Crippen LogP) is 8.02. The fourth-order valence-corrected chi connectivity index (χ4v) is 5.83. The highest BCUT2D eigenvalue weighted by atomic mass is 31.2. The third-order valence-electron chi connectivity index (χ3n) is 7.83. The molecule has 0 fully saturated rings. The SMILES string of the molecule is CCCCCCCCCC/C=C/CC/C=C/C(O)C(COP(=O)(O)OCCN)NC(=O)CC(O)CCCCCCCCCCC. The van der Waals surface area contributed by atoms with E-state index in [0.29, 0.717) is 12.8 Å². The van der Waals surface area contributed by atoms with Gasteiger partial charge in [-0.1, -0.05) is 141 Å². The van der Waals surface area contributed by atoms with Crippen LogP contribution in [0.2, 0.25) is 0 Å². The van der Waals surface area contributed by atoms with Crippen molar-refractivity contribution < 1.29 is 33.5 Å². The second-order valence-electron chi connectivity index (χ2n) is 12.3. The molecular formula is C35H69N2O7P. The van der Waals surface area contributed by atoms with Crippen molar-refractivity contribution in [2.24, 2.45) is 5.73 Å². The average Bonchev–Trinajstić information content (AvgIpc) is 3.01. The topological polar surface area (TPSA) is 151 Å². The number of aliphatic hydroxyl groups excluding tert-OH is 2. The fraction of sp³-hybridized carbons (Fsp3) is 0.857. The van der Waals surface area contributed by atoms with Gasteiger partial charge in [0.15, 0.2) is 0 Å². The minimum Gasteiger partial charge on any atom is -0.393 e. The lowest BCUT2D eigenvalue weighted by Crippen LogP contribution is -2.46. The molecule has 0 aromatic carbocycles. The maximum absolute atomic E-state index is 12.7. The van der Waals surface area contributed by atoms with Crippen molar-refractivity contribution in [3.05, 3.63) is 24.3 Å². The number of hydrogen-bond acceptors (Lipinski definition) is 7. The Bertz CT molecular complexity index is 781. The quantitative estimate of drug-likeness (QED) is 0.0270. The van der Waals surface area contributed by atoms with E-state index >= 15 is 0 Å². The largest absolute Gasteiger partial charge is 0.472 e. The van der Waals surface area contributed by atoms with Crippen molar-refractivity contribution in [3.63, 3.8) is 0 Å². The molecule has 0 bridgehead atoms. The number of phosphoric acid groups is 1. The summed E-state index contributed by atoms with van der Waals surface area (Å²) in [6.45, 7) is 3.89. The number of allylic oxidation sites excluding steroid dienone is 3. The Kier molecular flexibility index (Phi) is 30.8. The van der Waals surface area contributed by atoms with Crippen LogP contribution in [0.1, 0.15) is 155 Å². The summed E-state index contributed by atoms with van der Waals surface area (Å²) in [6, 6.07) is -0.992. The minimum atomic E-state index is -4.39. The fourth-order valence-electron chi connectivity index (χ4n) is 5.07. The molecule has 0 aliphatic heterocycles.